The Hall–Kier alpha value is -4.39. The summed E-state index contributed by atoms with van der Waals surface area (Å²) in [6, 6.07) is 11.6. The summed E-state index contributed by atoms with van der Waals surface area (Å²) in [6.07, 6.45) is -6.61. The Morgan fingerprint density at radius 2 is 1.79 bits per heavy atom. The number of carbonyl (C=O) groups excluding carboxylic acids is 1. The normalized spacial score (nSPS) is 17.3. The number of benzene rings is 2. The van der Waals surface area contributed by atoms with Crippen molar-refractivity contribution in [1.29, 1.82) is 0 Å². The molecule has 0 aliphatic carbocycles. The Bertz CT molecular complexity index is 1490. The van der Waals surface area contributed by atoms with Crippen molar-refractivity contribution in [2.75, 3.05) is 6.61 Å². The summed E-state index contributed by atoms with van der Waals surface area (Å²) in [5.41, 5.74) is -1.30. The third-order valence-corrected chi connectivity index (χ3v) is 5.74. The minimum atomic E-state index is -4.81. The molecule has 0 saturated carbocycles. The third-order valence-electron chi connectivity index (χ3n) is 5.74. The van der Waals surface area contributed by atoms with Crippen LogP contribution < -0.4 is 10.1 Å². The van der Waals surface area contributed by atoms with Crippen LogP contribution in [0.15, 0.2) is 57.6 Å². The summed E-state index contributed by atoms with van der Waals surface area (Å²) < 4.78 is 63.1. The predicted octanol–water partition coefficient (Wildman–Crippen LogP) is 5.40. The Labute approximate surface area is 219 Å². The molecule has 0 fully saturated rings. The monoisotopic (exact) mass is 544 g/mol. The van der Waals surface area contributed by atoms with E-state index < -0.39 is 52.9 Å². The number of nitrogens with one attached hydrogen (secondary N) is 1. The Morgan fingerprint density at radius 1 is 1.05 bits per heavy atom. The summed E-state index contributed by atoms with van der Waals surface area (Å²) in [4.78, 5) is 16.2. The summed E-state index contributed by atoms with van der Waals surface area (Å²) in [5, 5.41) is 20.7. The molecule has 13 heteroatoms. The van der Waals surface area contributed by atoms with Crippen LogP contribution in [0.2, 0.25) is 0 Å². The lowest BCUT2D eigenvalue weighted by atomic mass is 9.97. The molecule has 1 aliphatic heterocycles. The second kappa shape index (κ2) is 9.73. The molecule has 3 heterocycles. The lowest BCUT2D eigenvalue weighted by molar-refractivity contribution is -0.137. The summed E-state index contributed by atoms with van der Waals surface area (Å²) in [7, 11) is 0. The van der Waals surface area contributed by atoms with E-state index in [0.717, 1.165) is 0 Å². The van der Waals surface area contributed by atoms with Gasteiger partial charge in [-0.2, -0.15) is 18.2 Å². The van der Waals surface area contributed by atoms with Gasteiger partial charge in [-0.25, -0.2) is 4.79 Å². The minimum Gasteiger partial charge on any atom is -0.491 e. The highest BCUT2D eigenvalue weighted by Crippen LogP contribution is 2.43. The van der Waals surface area contributed by atoms with E-state index >= 15 is 0 Å². The highest BCUT2D eigenvalue weighted by molar-refractivity contribution is 5.71. The fraction of sp³-hybridized carbons (Fsp3) is 0.308. The quantitative estimate of drug-likeness (QED) is 0.347. The number of fused-ring (bicyclic) bond motifs is 1. The maximum Gasteiger partial charge on any atom is 0.422 e. The first-order valence-electron chi connectivity index (χ1n) is 11.8. The topological polar surface area (TPSA) is 133 Å². The zero-order valence-electron chi connectivity index (χ0n) is 20.9. The van der Waals surface area contributed by atoms with Crippen LogP contribution in [0.25, 0.3) is 34.3 Å². The van der Waals surface area contributed by atoms with Crippen LogP contribution in [-0.2, 0) is 10.9 Å². The number of aromatic nitrogens is 3. The van der Waals surface area contributed by atoms with E-state index in [1.54, 1.807) is 39.0 Å². The molecule has 2 aromatic carbocycles. The Morgan fingerprint density at radius 3 is 2.49 bits per heavy atom. The molecule has 0 unspecified atom stereocenters. The molecule has 1 amide bonds. The van der Waals surface area contributed by atoms with Crippen LogP contribution in [0.4, 0.5) is 18.0 Å². The van der Waals surface area contributed by atoms with E-state index in [0.29, 0.717) is 11.1 Å². The van der Waals surface area contributed by atoms with Gasteiger partial charge in [-0.15, -0.1) is 0 Å². The first-order chi connectivity index (χ1) is 18.4. The molecule has 4 aromatic rings. The van der Waals surface area contributed by atoms with Crippen molar-refractivity contribution in [3.05, 3.63) is 59.7 Å². The summed E-state index contributed by atoms with van der Waals surface area (Å²) >= 11 is 0. The molecule has 0 spiro atoms. The Balaban J connectivity index is 1.40. The number of nitrogens with zero attached hydrogens (tertiary/aromatic N) is 3. The molecule has 10 nitrogen and oxygen atoms in total. The largest absolute Gasteiger partial charge is 0.491 e. The molecular formula is C26H23F3N4O6. The first-order valence-corrected chi connectivity index (χ1v) is 11.8. The third kappa shape index (κ3) is 5.43. The van der Waals surface area contributed by atoms with Crippen LogP contribution in [0.5, 0.6) is 5.75 Å². The number of amides is 1. The van der Waals surface area contributed by atoms with Crippen LogP contribution in [0.3, 0.4) is 0 Å². The molecule has 0 saturated heterocycles. The number of aliphatic hydroxyl groups excluding tert-OH is 1. The second-order valence-electron chi connectivity index (χ2n) is 9.78. The molecule has 1 aliphatic rings. The number of alkyl halides is 3. The molecule has 2 aromatic heterocycles. The average Bonchev–Trinajstić information content (AvgIpc) is 3.53. The van der Waals surface area contributed by atoms with Crippen molar-refractivity contribution in [2.45, 2.75) is 44.7 Å². The molecule has 2 atom stereocenters. The van der Waals surface area contributed by atoms with Gasteiger partial charge in [-0.05, 0) is 26.8 Å². The van der Waals surface area contributed by atoms with Crippen molar-refractivity contribution in [3.63, 3.8) is 0 Å². The molecular weight excluding hydrogens is 521 g/mol. The van der Waals surface area contributed by atoms with Gasteiger partial charge in [0.25, 0.3) is 5.89 Å². The van der Waals surface area contributed by atoms with Crippen LogP contribution in [0.1, 0.15) is 38.0 Å². The first kappa shape index (κ1) is 26.2. The number of alkyl carbamates (subject to hydrolysis) is 1. The number of hydrogen-bond donors (Lipinski definition) is 2. The Kier molecular flexibility index (Phi) is 6.54. The number of aliphatic hydroxyl groups is 1. The smallest absolute Gasteiger partial charge is 0.422 e. The fourth-order valence-electron chi connectivity index (χ4n) is 4.03. The van der Waals surface area contributed by atoms with Crippen molar-refractivity contribution in [3.8, 4) is 40.0 Å². The van der Waals surface area contributed by atoms with Crippen molar-refractivity contribution < 1.29 is 41.6 Å². The molecule has 5 rings (SSSR count). The highest BCUT2D eigenvalue weighted by Gasteiger charge is 2.43. The zero-order chi connectivity index (χ0) is 27.9. The van der Waals surface area contributed by atoms with E-state index in [1.807, 2.05) is 0 Å². The standard InChI is InChI=1S/C26H23F3N4O6/c1-25(2,3)37-24(35)30-16-12-36-17-11-14(9-10-15(17)20(16)34)22-31-23(39-33-22)21-18(26(27,28)29)19(32-38-21)13-7-5-4-6-8-13/h4-11,16,20,34H,12H2,1-3H3,(H,30,35)/t16-,20+/m1/s1. The minimum absolute atomic E-state index is 0.0364. The van der Waals surface area contributed by atoms with Gasteiger partial charge in [0.05, 0.1) is 6.04 Å². The van der Waals surface area contributed by atoms with Gasteiger partial charge in [0, 0.05) is 16.7 Å². The van der Waals surface area contributed by atoms with Gasteiger partial charge in [0.2, 0.25) is 11.6 Å². The van der Waals surface area contributed by atoms with Crippen LogP contribution in [0, 0.1) is 0 Å². The average molecular weight is 544 g/mol. The van der Waals surface area contributed by atoms with Crippen molar-refractivity contribution in [2.24, 2.45) is 0 Å². The zero-order valence-corrected chi connectivity index (χ0v) is 20.9. The number of halogens is 3. The molecule has 0 bridgehead atoms. The van der Waals surface area contributed by atoms with E-state index in [4.69, 9.17) is 18.5 Å². The van der Waals surface area contributed by atoms with Gasteiger partial charge in [0.15, 0.2) is 0 Å². The van der Waals surface area contributed by atoms with Gasteiger partial charge in [0.1, 0.15) is 35.3 Å². The van der Waals surface area contributed by atoms with Gasteiger partial charge in [-0.1, -0.05) is 52.8 Å². The van der Waals surface area contributed by atoms with Gasteiger partial charge < -0.3 is 28.9 Å². The fourth-order valence-corrected chi connectivity index (χ4v) is 4.03. The van der Waals surface area contributed by atoms with Gasteiger partial charge in [-0.3, -0.25) is 0 Å². The maximum atomic E-state index is 14.0. The van der Waals surface area contributed by atoms with Crippen molar-refractivity contribution >= 4 is 6.09 Å². The second-order valence-corrected chi connectivity index (χ2v) is 9.78. The maximum absolute atomic E-state index is 14.0. The number of hydrogen-bond acceptors (Lipinski definition) is 9. The molecule has 39 heavy (non-hydrogen) atoms. The van der Waals surface area contributed by atoms with Gasteiger partial charge >= 0.3 is 12.3 Å². The molecule has 204 valence electrons. The predicted molar refractivity (Wildman–Crippen MR) is 129 cm³/mol. The van der Waals surface area contributed by atoms with E-state index in [-0.39, 0.29) is 23.7 Å². The van der Waals surface area contributed by atoms with Crippen LogP contribution >= 0.6 is 0 Å². The summed E-state index contributed by atoms with van der Waals surface area (Å²) in [6.45, 7) is 5.10. The lowest BCUT2D eigenvalue weighted by Gasteiger charge is -2.31. The number of carbonyl (C=O) groups is 1. The van der Waals surface area contributed by atoms with E-state index in [2.05, 4.69) is 20.6 Å². The molecule has 0 radical (unpaired) electrons. The SMILES string of the molecule is CC(C)(C)OC(=O)N[C@@H]1COc2cc(-c3noc(-c4onc(-c5ccccc5)c4C(F)(F)F)n3)ccc2[C@@H]1O. The number of ether oxygens (including phenoxy) is 2. The lowest BCUT2D eigenvalue weighted by Crippen LogP contribution is -2.47. The van der Waals surface area contributed by atoms with E-state index in [9.17, 15) is 23.1 Å². The van der Waals surface area contributed by atoms with Crippen LogP contribution in [-0.4, -0.2) is 44.7 Å². The number of rotatable bonds is 4. The van der Waals surface area contributed by atoms with E-state index in [1.165, 1.54) is 30.3 Å². The molecule has 2 N–H and O–H groups in total. The van der Waals surface area contributed by atoms with Crippen molar-refractivity contribution in [1.82, 2.24) is 20.6 Å². The highest BCUT2D eigenvalue weighted by atomic mass is 19.4. The summed E-state index contributed by atoms with van der Waals surface area (Å²) in [5.74, 6) is -0.964.